The molecule has 0 bridgehead atoms. The number of nitrogens with one attached hydrogen (secondary N) is 2. The zero-order valence-corrected chi connectivity index (χ0v) is 14.4. The monoisotopic (exact) mass is 336 g/mol. The number of halogens is 1. The summed E-state index contributed by atoms with van der Waals surface area (Å²) >= 11 is 6.10. The minimum Gasteiger partial charge on any atom is -0.325 e. The number of carbonyl (C=O) groups excluding carboxylic acids is 1. The molecule has 1 amide bonds. The third-order valence-electron chi connectivity index (χ3n) is 4.87. The average molecular weight is 337 g/mol. The number of carbonyl (C=O) groups is 1. The average Bonchev–Trinajstić information content (AvgIpc) is 3.07. The van der Waals surface area contributed by atoms with E-state index in [1.807, 2.05) is 25.1 Å². The number of nitrogens with zero attached hydrogens (tertiary/aromatic N) is 2. The smallest absolute Gasteiger partial charge is 0.238 e. The lowest BCUT2D eigenvalue weighted by Crippen LogP contribution is -2.52. The van der Waals surface area contributed by atoms with Crippen molar-refractivity contribution in [3.05, 3.63) is 28.8 Å². The van der Waals surface area contributed by atoms with Crippen molar-refractivity contribution in [2.45, 2.75) is 19.4 Å². The summed E-state index contributed by atoms with van der Waals surface area (Å²) < 4.78 is 0. The van der Waals surface area contributed by atoms with Gasteiger partial charge in [-0.15, -0.1) is 0 Å². The fourth-order valence-corrected chi connectivity index (χ4v) is 3.55. The van der Waals surface area contributed by atoms with Crippen LogP contribution in [0.15, 0.2) is 18.2 Å². The first kappa shape index (κ1) is 16.7. The molecule has 0 aliphatic carbocycles. The van der Waals surface area contributed by atoms with Crippen molar-refractivity contribution in [1.29, 1.82) is 0 Å². The Morgan fingerprint density at radius 3 is 2.83 bits per heavy atom. The summed E-state index contributed by atoms with van der Waals surface area (Å²) in [6, 6.07) is 6.27. The summed E-state index contributed by atoms with van der Waals surface area (Å²) in [5.74, 6) is 0.0337. The minimum absolute atomic E-state index is 0.0337. The molecule has 3 rings (SSSR count). The number of hydrogen-bond acceptors (Lipinski definition) is 4. The van der Waals surface area contributed by atoms with Crippen LogP contribution in [0.2, 0.25) is 5.02 Å². The maximum absolute atomic E-state index is 12.3. The van der Waals surface area contributed by atoms with Gasteiger partial charge in [0.2, 0.25) is 5.91 Å². The van der Waals surface area contributed by atoms with E-state index < -0.39 is 0 Å². The maximum Gasteiger partial charge on any atom is 0.238 e. The van der Waals surface area contributed by atoms with E-state index in [0.29, 0.717) is 17.6 Å². The van der Waals surface area contributed by atoms with Crippen LogP contribution in [0.1, 0.15) is 12.0 Å². The summed E-state index contributed by atoms with van der Waals surface area (Å²) in [6.45, 7) is 8.62. The molecule has 1 aromatic carbocycles. The standard InChI is InChI=1S/C17H25ClN4O/c1-13-15(18)3-2-4-16(13)20-17(23)12-21-7-9-22(10-8-21)14-5-6-19-11-14/h2-4,14,19H,5-12H2,1H3,(H,20,23). The first-order valence-electron chi connectivity index (χ1n) is 8.35. The van der Waals surface area contributed by atoms with Gasteiger partial charge in [0.05, 0.1) is 6.54 Å². The molecule has 1 atom stereocenters. The zero-order chi connectivity index (χ0) is 16.2. The Hall–Kier alpha value is -1.14. The van der Waals surface area contributed by atoms with Crippen molar-refractivity contribution in [2.75, 3.05) is 51.1 Å². The van der Waals surface area contributed by atoms with Gasteiger partial charge in [0.25, 0.3) is 0 Å². The topological polar surface area (TPSA) is 47.6 Å². The van der Waals surface area contributed by atoms with Gasteiger partial charge in [0.15, 0.2) is 0 Å². The molecule has 23 heavy (non-hydrogen) atoms. The molecule has 2 heterocycles. The van der Waals surface area contributed by atoms with Crippen LogP contribution in [0.4, 0.5) is 5.69 Å². The van der Waals surface area contributed by atoms with Gasteiger partial charge in [0.1, 0.15) is 0 Å². The number of benzene rings is 1. The number of piperazine rings is 1. The van der Waals surface area contributed by atoms with Crippen molar-refractivity contribution < 1.29 is 4.79 Å². The Labute approximate surface area is 143 Å². The Morgan fingerprint density at radius 1 is 1.35 bits per heavy atom. The van der Waals surface area contributed by atoms with Gasteiger partial charge in [0, 0.05) is 49.5 Å². The van der Waals surface area contributed by atoms with Crippen LogP contribution in [0, 0.1) is 6.92 Å². The predicted molar refractivity (Wildman–Crippen MR) is 94.1 cm³/mol. The van der Waals surface area contributed by atoms with Gasteiger partial charge in [-0.2, -0.15) is 0 Å². The third kappa shape index (κ3) is 4.23. The first-order chi connectivity index (χ1) is 11.1. The zero-order valence-electron chi connectivity index (χ0n) is 13.6. The molecule has 6 heteroatoms. The van der Waals surface area contributed by atoms with Crippen molar-refractivity contribution in [3.63, 3.8) is 0 Å². The summed E-state index contributed by atoms with van der Waals surface area (Å²) in [5, 5.41) is 7.08. The summed E-state index contributed by atoms with van der Waals surface area (Å²) in [7, 11) is 0. The minimum atomic E-state index is 0.0337. The van der Waals surface area contributed by atoms with E-state index in [0.717, 1.165) is 50.5 Å². The highest BCUT2D eigenvalue weighted by Gasteiger charge is 2.26. The molecule has 2 aliphatic heterocycles. The predicted octanol–water partition coefficient (Wildman–Crippen LogP) is 1.57. The molecule has 0 radical (unpaired) electrons. The highest BCUT2D eigenvalue weighted by atomic mass is 35.5. The van der Waals surface area contributed by atoms with Crippen molar-refractivity contribution in [1.82, 2.24) is 15.1 Å². The lowest BCUT2D eigenvalue weighted by Gasteiger charge is -2.37. The molecular weight excluding hydrogens is 312 g/mol. The van der Waals surface area contributed by atoms with Crippen molar-refractivity contribution in [3.8, 4) is 0 Å². The van der Waals surface area contributed by atoms with Gasteiger partial charge in [-0.1, -0.05) is 17.7 Å². The first-order valence-corrected chi connectivity index (χ1v) is 8.73. The molecule has 1 unspecified atom stereocenters. The lowest BCUT2D eigenvalue weighted by molar-refractivity contribution is -0.117. The second-order valence-electron chi connectivity index (χ2n) is 6.42. The van der Waals surface area contributed by atoms with Gasteiger partial charge in [-0.05, 0) is 37.6 Å². The van der Waals surface area contributed by atoms with Gasteiger partial charge in [-0.25, -0.2) is 0 Å². The van der Waals surface area contributed by atoms with Crippen LogP contribution in [0.5, 0.6) is 0 Å². The Bertz CT molecular complexity index is 552. The molecule has 126 valence electrons. The molecule has 2 aliphatic rings. The van der Waals surface area contributed by atoms with Gasteiger partial charge in [-0.3, -0.25) is 14.6 Å². The molecular formula is C17H25ClN4O. The second-order valence-corrected chi connectivity index (χ2v) is 6.83. The molecule has 1 aromatic rings. The summed E-state index contributed by atoms with van der Waals surface area (Å²) in [4.78, 5) is 17.0. The van der Waals surface area contributed by atoms with Crippen LogP contribution >= 0.6 is 11.6 Å². The van der Waals surface area contributed by atoms with Gasteiger partial charge < -0.3 is 10.6 Å². The van der Waals surface area contributed by atoms with E-state index in [2.05, 4.69) is 20.4 Å². The van der Waals surface area contributed by atoms with Gasteiger partial charge >= 0.3 is 0 Å². The Morgan fingerprint density at radius 2 is 2.13 bits per heavy atom. The maximum atomic E-state index is 12.3. The fraction of sp³-hybridized carbons (Fsp3) is 0.588. The normalized spacial score (nSPS) is 23.1. The van der Waals surface area contributed by atoms with Crippen LogP contribution < -0.4 is 10.6 Å². The van der Waals surface area contributed by atoms with E-state index in [-0.39, 0.29) is 5.91 Å². The molecule has 2 saturated heterocycles. The molecule has 2 N–H and O–H groups in total. The Balaban J connectivity index is 1.46. The number of anilines is 1. The molecule has 0 saturated carbocycles. The highest BCUT2D eigenvalue weighted by Crippen LogP contribution is 2.22. The largest absolute Gasteiger partial charge is 0.325 e. The molecule has 5 nitrogen and oxygen atoms in total. The number of rotatable bonds is 4. The summed E-state index contributed by atoms with van der Waals surface area (Å²) in [6.07, 6.45) is 1.24. The molecule has 0 spiro atoms. The number of hydrogen-bond donors (Lipinski definition) is 2. The Kier molecular flexibility index (Phi) is 5.54. The van der Waals surface area contributed by atoms with E-state index >= 15 is 0 Å². The summed E-state index contributed by atoms with van der Waals surface area (Å²) in [5.41, 5.74) is 1.72. The number of amides is 1. The fourth-order valence-electron chi connectivity index (χ4n) is 3.37. The second kappa shape index (κ2) is 7.62. The van der Waals surface area contributed by atoms with E-state index in [1.165, 1.54) is 6.42 Å². The quantitative estimate of drug-likeness (QED) is 0.876. The molecule has 2 fully saturated rings. The van der Waals surface area contributed by atoms with Crippen LogP contribution in [-0.4, -0.2) is 67.6 Å². The SMILES string of the molecule is Cc1c(Cl)cccc1NC(=O)CN1CCN(C2CCNC2)CC1. The third-order valence-corrected chi connectivity index (χ3v) is 5.28. The van der Waals surface area contributed by atoms with E-state index in [1.54, 1.807) is 0 Å². The van der Waals surface area contributed by atoms with E-state index in [9.17, 15) is 4.79 Å². The highest BCUT2D eigenvalue weighted by molar-refractivity contribution is 6.31. The van der Waals surface area contributed by atoms with Crippen LogP contribution in [-0.2, 0) is 4.79 Å². The lowest BCUT2D eigenvalue weighted by atomic mass is 10.2. The van der Waals surface area contributed by atoms with Crippen molar-refractivity contribution in [2.24, 2.45) is 0 Å². The molecule has 0 aromatic heterocycles. The van der Waals surface area contributed by atoms with Crippen LogP contribution in [0.3, 0.4) is 0 Å². The van der Waals surface area contributed by atoms with Crippen molar-refractivity contribution >= 4 is 23.2 Å². The van der Waals surface area contributed by atoms with Crippen LogP contribution in [0.25, 0.3) is 0 Å². The van der Waals surface area contributed by atoms with E-state index in [4.69, 9.17) is 11.6 Å².